The van der Waals surface area contributed by atoms with Gasteiger partial charge in [0.25, 0.3) is 0 Å². The minimum Gasteiger partial charge on any atom is -0.488 e. The summed E-state index contributed by atoms with van der Waals surface area (Å²) in [5.41, 5.74) is 6.96. The van der Waals surface area contributed by atoms with Crippen LogP contribution in [-0.2, 0) is 4.74 Å². The number of benzene rings is 1. The van der Waals surface area contributed by atoms with E-state index in [1.165, 1.54) is 6.42 Å². The zero-order chi connectivity index (χ0) is 15.4. The smallest absolute Gasteiger partial charge is 0.338 e. The van der Waals surface area contributed by atoms with Crippen LogP contribution in [0.5, 0.6) is 5.75 Å². The summed E-state index contributed by atoms with van der Waals surface area (Å²) in [6, 6.07) is 5.10. The van der Waals surface area contributed by atoms with Crippen LogP contribution in [0.3, 0.4) is 0 Å². The van der Waals surface area contributed by atoms with E-state index in [0.717, 1.165) is 18.8 Å². The van der Waals surface area contributed by atoms with E-state index in [0.29, 0.717) is 29.5 Å². The van der Waals surface area contributed by atoms with Gasteiger partial charge in [0.15, 0.2) is 0 Å². The molecule has 0 aliphatic heterocycles. The standard InChI is InChI=1S/C17H25NO3/c1-4-20-17(19)13-6-8-16(15(18)10-13)21-14-7-5-11(2)12(3)9-14/h6,8,10-12,14H,4-5,7,9,18H2,1-3H3. The molecule has 2 rings (SSSR count). The average Bonchev–Trinajstić information content (AvgIpc) is 2.45. The summed E-state index contributed by atoms with van der Waals surface area (Å²) in [7, 11) is 0. The molecule has 21 heavy (non-hydrogen) atoms. The molecule has 1 saturated carbocycles. The quantitative estimate of drug-likeness (QED) is 0.679. The molecule has 2 N–H and O–H groups in total. The van der Waals surface area contributed by atoms with Crippen LogP contribution >= 0.6 is 0 Å². The maximum Gasteiger partial charge on any atom is 0.338 e. The number of carbonyl (C=O) groups excluding carboxylic acids is 1. The lowest BCUT2D eigenvalue weighted by molar-refractivity contribution is 0.0526. The van der Waals surface area contributed by atoms with Gasteiger partial charge in [-0.05, 0) is 56.2 Å². The van der Waals surface area contributed by atoms with Gasteiger partial charge in [0.1, 0.15) is 5.75 Å². The molecule has 0 aromatic heterocycles. The molecular formula is C17H25NO3. The van der Waals surface area contributed by atoms with Crippen LogP contribution in [0.2, 0.25) is 0 Å². The largest absolute Gasteiger partial charge is 0.488 e. The van der Waals surface area contributed by atoms with Gasteiger partial charge in [-0.15, -0.1) is 0 Å². The molecular weight excluding hydrogens is 266 g/mol. The minimum absolute atomic E-state index is 0.215. The number of carbonyl (C=O) groups is 1. The topological polar surface area (TPSA) is 61.5 Å². The Balaban J connectivity index is 2.03. The van der Waals surface area contributed by atoms with Crippen molar-refractivity contribution < 1.29 is 14.3 Å². The molecule has 1 aliphatic carbocycles. The van der Waals surface area contributed by atoms with E-state index >= 15 is 0 Å². The van der Waals surface area contributed by atoms with Crippen molar-refractivity contribution in [2.45, 2.75) is 46.1 Å². The molecule has 1 aliphatic rings. The Labute approximate surface area is 126 Å². The number of nitrogens with two attached hydrogens (primary N) is 1. The van der Waals surface area contributed by atoms with Crippen LogP contribution in [-0.4, -0.2) is 18.7 Å². The summed E-state index contributed by atoms with van der Waals surface area (Å²) in [5.74, 6) is 1.74. The third-order valence-electron chi connectivity index (χ3n) is 4.36. The zero-order valence-electron chi connectivity index (χ0n) is 13.1. The van der Waals surface area contributed by atoms with Crippen LogP contribution in [0.25, 0.3) is 0 Å². The first-order valence-corrected chi connectivity index (χ1v) is 7.74. The molecule has 0 bridgehead atoms. The predicted octanol–water partition coefficient (Wildman–Crippen LogP) is 3.65. The van der Waals surface area contributed by atoms with Gasteiger partial charge in [-0.2, -0.15) is 0 Å². The second-order valence-electron chi connectivity index (χ2n) is 5.98. The molecule has 0 heterocycles. The van der Waals surface area contributed by atoms with E-state index in [9.17, 15) is 4.79 Å². The highest BCUT2D eigenvalue weighted by Crippen LogP contribution is 2.33. The summed E-state index contributed by atoms with van der Waals surface area (Å²) >= 11 is 0. The maximum absolute atomic E-state index is 11.7. The molecule has 4 nitrogen and oxygen atoms in total. The summed E-state index contributed by atoms with van der Waals surface area (Å²) < 4.78 is 11.0. The highest BCUT2D eigenvalue weighted by Gasteiger charge is 2.26. The second kappa shape index (κ2) is 6.83. The fraction of sp³-hybridized carbons (Fsp3) is 0.588. The normalized spacial score (nSPS) is 25.4. The van der Waals surface area contributed by atoms with Crippen molar-refractivity contribution in [3.63, 3.8) is 0 Å². The van der Waals surface area contributed by atoms with E-state index in [4.69, 9.17) is 15.2 Å². The molecule has 1 aromatic rings. The van der Waals surface area contributed by atoms with Crippen LogP contribution < -0.4 is 10.5 Å². The first-order chi connectivity index (χ1) is 10.0. The lowest BCUT2D eigenvalue weighted by Crippen LogP contribution is -2.29. The van der Waals surface area contributed by atoms with Crippen LogP contribution in [0, 0.1) is 11.8 Å². The molecule has 1 fully saturated rings. The number of esters is 1. The van der Waals surface area contributed by atoms with Gasteiger partial charge in [-0.1, -0.05) is 13.8 Å². The van der Waals surface area contributed by atoms with Gasteiger partial charge in [0.2, 0.25) is 0 Å². The summed E-state index contributed by atoms with van der Waals surface area (Å²) in [4.78, 5) is 11.7. The number of hydrogen-bond acceptors (Lipinski definition) is 4. The molecule has 3 atom stereocenters. The maximum atomic E-state index is 11.7. The third kappa shape index (κ3) is 3.90. The van der Waals surface area contributed by atoms with E-state index < -0.39 is 0 Å². The van der Waals surface area contributed by atoms with Crippen molar-refractivity contribution in [1.82, 2.24) is 0 Å². The van der Waals surface area contributed by atoms with Gasteiger partial charge >= 0.3 is 5.97 Å². The van der Waals surface area contributed by atoms with Crippen LogP contribution in [0.1, 0.15) is 50.4 Å². The third-order valence-corrected chi connectivity index (χ3v) is 4.36. The molecule has 0 amide bonds. The van der Waals surface area contributed by atoms with Crippen molar-refractivity contribution in [3.8, 4) is 5.75 Å². The Bertz CT molecular complexity index is 501. The van der Waals surface area contributed by atoms with Gasteiger partial charge < -0.3 is 15.2 Å². The van der Waals surface area contributed by atoms with Gasteiger partial charge in [0, 0.05) is 0 Å². The number of hydrogen-bond donors (Lipinski definition) is 1. The summed E-state index contributed by atoms with van der Waals surface area (Å²) in [5, 5.41) is 0. The SMILES string of the molecule is CCOC(=O)c1ccc(OC2CCC(C)C(C)C2)c(N)c1. The minimum atomic E-state index is -0.351. The van der Waals surface area contributed by atoms with Gasteiger partial charge in [-0.25, -0.2) is 4.79 Å². The average molecular weight is 291 g/mol. The fourth-order valence-electron chi connectivity index (χ4n) is 2.78. The van der Waals surface area contributed by atoms with Crippen LogP contribution in [0.15, 0.2) is 18.2 Å². The lowest BCUT2D eigenvalue weighted by atomic mass is 9.80. The number of anilines is 1. The molecule has 0 saturated heterocycles. The van der Waals surface area contributed by atoms with E-state index in [-0.39, 0.29) is 12.1 Å². The Morgan fingerprint density at radius 3 is 2.67 bits per heavy atom. The first-order valence-electron chi connectivity index (χ1n) is 7.74. The van der Waals surface area contributed by atoms with Crippen LogP contribution in [0.4, 0.5) is 5.69 Å². The Morgan fingerprint density at radius 2 is 2.05 bits per heavy atom. The van der Waals surface area contributed by atoms with Gasteiger partial charge in [-0.3, -0.25) is 0 Å². The van der Waals surface area contributed by atoms with E-state index in [1.54, 1.807) is 25.1 Å². The monoisotopic (exact) mass is 291 g/mol. The van der Waals surface area contributed by atoms with Crippen molar-refractivity contribution in [1.29, 1.82) is 0 Å². The van der Waals surface area contributed by atoms with Crippen molar-refractivity contribution in [2.75, 3.05) is 12.3 Å². The first kappa shape index (κ1) is 15.7. The van der Waals surface area contributed by atoms with Crippen molar-refractivity contribution >= 4 is 11.7 Å². The predicted molar refractivity (Wildman–Crippen MR) is 83.4 cm³/mol. The molecule has 0 spiro atoms. The molecule has 3 unspecified atom stereocenters. The van der Waals surface area contributed by atoms with E-state index in [1.807, 2.05) is 0 Å². The molecule has 4 heteroatoms. The molecule has 116 valence electrons. The Kier molecular flexibility index (Phi) is 5.10. The lowest BCUT2D eigenvalue weighted by Gasteiger charge is -2.32. The fourth-order valence-corrected chi connectivity index (χ4v) is 2.78. The number of nitrogen functional groups attached to an aromatic ring is 1. The Hall–Kier alpha value is -1.71. The summed E-state index contributed by atoms with van der Waals surface area (Å²) in [6.07, 6.45) is 3.52. The van der Waals surface area contributed by atoms with Gasteiger partial charge in [0.05, 0.1) is 24.0 Å². The molecule has 0 radical (unpaired) electrons. The molecule has 1 aromatic carbocycles. The zero-order valence-corrected chi connectivity index (χ0v) is 13.1. The second-order valence-corrected chi connectivity index (χ2v) is 5.98. The van der Waals surface area contributed by atoms with Crippen molar-refractivity contribution in [3.05, 3.63) is 23.8 Å². The summed E-state index contributed by atoms with van der Waals surface area (Å²) in [6.45, 7) is 6.70. The number of ether oxygens (including phenoxy) is 2. The number of rotatable bonds is 4. The highest BCUT2D eigenvalue weighted by atomic mass is 16.5. The van der Waals surface area contributed by atoms with Crippen molar-refractivity contribution in [2.24, 2.45) is 11.8 Å². The highest BCUT2D eigenvalue weighted by molar-refractivity contribution is 5.91. The van der Waals surface area contributed by atoms with E-state index in [2.05, 4.69) is 13.8 Å². The Morgan fingerprint density at radius 1 is 1.29 bits per heavy atom.